The fourth-order valence-electron chi connectivity index (χ4n) is 2.54. The van der Waals surface area contributed by atoms with E-state index in [2.05, 4.69) is 0 Å². The number of benzene rings is 1. The van der Waals surface area contributed by atoms with Crippen molar-refractivity contribution in [3.63, 3.8) is 0 Å². The summed E-state index contributed by atoms with van der Waals surface area (Å²) in [5.41, 5.74) is 6.12. The zero-order chi connectivity index (χ0) is 15.9. The molecule has 0 aliphatic carbocycles. The molecule has 0 atom stereocenters. The molecule has 0 radical (unpaired) electrons. The van der Waals surface area contributed by atoms with Gasteiger partial charge in [0.05, 0.1) is 24.7 Å². The van der Waals surface area contributed by atoms with E-state index >= 15 is 0 Å². The number of hydrogen-bond donors (Lipinski definition) is 4. The number of anilines is 1. The largest absolute Gasteiger partial charge is 0.399 e. The van der Waals surface area contributed by atoms with Crippen LogP contribution in [-0.4, -0.2) is 59.7 Å². The molecule has 0 aliphatic heterocycles. The van der Waals surface area contributed by atoms with E-state index in [0.717, 1.165) is 0 Å². The molecular weight excluding hydrogens is 278 g/mol. The number of hydrogen-bond acceptors (Lipinski definition) is 6. The van der Waals surface area contributed by atoms with Gasteiger partial charge in [-0.2, -0.15) is 0 Å². The third kappa shape index (κ3) is 4.11. The second-order valence-corrected chi connectivity index (χ2v) is 4.85. The maximum absolute atomic E-state index is 11.3. The second kappa shape index (κ2) is 7.89. The van der Waals surface area contributed by atoms with Crippen molar-refractivity contribution < 1.29 is 20.2 Å². The van der Waals surface area contributed by atoms with Crippen LogP contribution in [0.5, 0.6) is 0 Å². The predicted octanol–water partition coefficient (Wildman–Crippen LogP) is -0.149. The zero-order valence-electron chi connectivity index (χ0n) is 11.8. The third-order valence-electron chi connectivity index (χ3n) is 3.51. The van der Waals surface area contributed by atoms with Crippen LogP contribution in [0.3, 0.4) is 0 Å². The summed E-state index contributed by atoms with van der Waals surface area (Å²) in [5.74, 6) is 0. The van der Waals surface area contributed by atoms with Gasteiger partial charge in [-0.15, -0.1) is 0 Å². The van der Waals surface area contributed by atoms with Crippen molar-refractivity contribution in [2.24, 2.45) is 0 Å². The second-order valence-electron chi connectivity index (χ2n) is 4.85. The van der Waals surface area contributed by atoms with Crippen molar-refractivity contribution in [3.05, 3.63) is 28.3 Å². The molecule has 0 aliphatic rings. The summed E-state index contributed by atoms with van der Waals surface area (Å²) in [4.78, 5) is 10.7. The SMILES string of the molecule is Nc1ccc([N+](CCO)(CCO)CCCO)c([N+](=O)[O-])c1. The Morgan fingerprint density at radius 2 is 1.71 bits per heavy atom. The monoisotopic (exact) mass is 300 g/mol. The number of rotatable bonds is 9. The molecule has 0 aromatic heterocycles. The van der Waals surface area contributed by atoms with Crippen molar-refractivity contribution in [2.45, 2.75) is 6.42 Å². The van der Waals surface area contributed by atoms with E-state index in [1.54, 1.807) is 12.1 Å². The maximum atomic E-state index is 11.3. The van der Waals surface area contributed by atoms with Gasteiger partial charge in [0.1, 0.15) is 13.1 Å². The van der Waals surface area contributed by atoms with Gasteiger partial charge in [-0.3, -0.25) is 14.6 Å². The first-order valence-corrected chi connectivity index (χ1v) is 6.74. The van der Waals surface area contributed by atoms with Gasteiger partial charge >= 0.3 is 5.69 Å². The lowest BCUT2D eigenvalue weighted by Crippen LogP contribution is -2.54. The Kier molecular flexibility index (Phi) is 6.50. The van der Waals surface area contributed by atoms with Gasteiger partial charge in [0.15, 0.2) is 0 Å². The highest BCUT2D eigenvalue weighted by atomic mass is 16.6. The lowest BCUT2D eigenvalue weighted by Gasteiger charge is -2.36. The van der Waals surface area contributed by atoms with E-state index in [0.29, 0.717) is 18.7 Å². The number of quaternary nitrogens is 1. The Morgan fingerprint density at radius 1 is 1.10 bits per heavy atom. The average molecular weight is 300 g/mol. The topological polar surface area (TPSA) is 130 Å². The first-order chi connectivity index (χ1) is 10.0. The van der Waals surface area contributed by atoms with Crippen molar-refractivity contribution >= 4 is 17.1 Å². The quantitative estimate of drug-likeness (QED) is 0.217. The molecule has 0 unspecified atom stereocenters. The Bertz CT molecular complexity index is 475. The van der Waals surface area contributed by atoms with Crippen molar-refractivity contribution in [2.75, 3.05) is 45.2 Å². The summed E-state index contributed by atoms with van der Waals surface area (Å²) in [7, 11) is 0. The average Bonchev–Trinajstić information content (AvgIpc) is 2.45. The first kappa shape index (κ1) is 17.3. The fourth-order valence-corrected chi connectivity index (χ4v) is 2.54. The van der Waals surface area contributed by atoms with Crippen molar-refractivity contribution in [3.8, 4) is 0 Å². The molecule has 0 bridgehead atoms. The Balaban J connectivity index is 3.38. The van der Waals surface area contributed by atoms with E-state index in [4.69, 9.17) is 10.8 Å². The van der Waals surface area contributed by atoms with Crippen LogP contribution in [-0.2, 0) is 0 Å². The lowest BCUT2D eigenvalue weighted by atomic mass is 10.1. The molecule has 0 fully saturated rings. The molecular formula is C13H22N3O5+. The van der Waals surface area contributed by atoms with E-state index in [-0.39, 0.29) is 48.8 Å². The van der Waals surface area contributed by atoms with Crippen LogP contribution >= 0.6 is 0 Å². The Hall–Kier alpha value is -1.74. The van der Waals surface area contributed by atoms with Gasteiger partial charge in [0, 0.05) is 30.8 Å². The smallest absolute Gasteiger partial charge is 0.331 e. The number of nitrogens with zero attached hydrogens (tertiary/aromatic N) is 2. The van der Waals surface area contributed by atoms with E-state index < -0.39 is 4.92 Å². The van der Waals surface area contributed by atoms with Gasteiger partial charge in [-0.25, -0.2) is 0 Å². The molecule has 1 aromatic carbocycles. The van der Waals surface area contributed by atoms with E-state index in [9.17, 15) is 20.3 Å². The van der Waals surface area contributed by atoms with Gasteiger partial charge in [-0.05, 0) is 6.07 Å². The lowest BCUT2D eigenvalue weighted by molar-refractivity contribution is -0.384. The van der Waals surface area contributed by atoms with Gasteiger partial charge in [0.2, 0.25) is 5.69 Å². The van der Waals surface area contributed by atoms with Crippen LogP contribution in [0.4, 0.5) is 17.1 Å². The zero-order valence-corrected chi connectivity index (χ0v) is 11.8. The van der Waals surface area contributed by atoms with Crippen LogP contribution in [0.1, 0.15) is 6.42 Å². The minimum absolute atomic E-state index is 0.0319. The first-order valence-electron chi connectivity index (χ1n) is 6.74. The molecule has 0 spiro atoms. The highest BCUT2D eigenvalue weighted by Gasteiger charge is 2.36. The number of aliphatic hydroxyl groups is 3. The van der Waals surface area contributed by atoms with Crippen molar-refractivity contribution in [1.29, 1.82) is 0 Å². The highest BCUT2D eigenvalue weighted by Crippen LogP contribution is 2.35. The molecule has 1 aromatic rings. The van der Waals surface area contributed by atoms with Crippen LogP contribution in [0.2, 0.25) is 0 Å². The van der Waals surface area contributed by atoms with E-state index in [1.165, 1.54) is 6.07 Å². The molecule has 0 heterocycles. The fraction of sp³-hybridized carbons (Fsp3) is 0.538. The van der Waals surface area contributed by atoms with E-state index in [1.807, 2.05) is 0 Å². The molecule has 5 N–H and O–H groups in total. The van der Waals surface area contributed by atoms with Crippen molar-refractivity contribution in [1.82, 2.24) is 4.48 Å². The standard InChI is InChI=1S/C13H22N3O5/c14-11-2-3-13(12(10-11)15(20)21)16(5-8-18,6-9-19)4-1-7-17/h2-3,10,17-19H,1,4-9,14H2/q+1. The van der Waals surface area contributed by atoms with Gasteiger partial charge < -0.3 is 21.1 Å². The van der Waals surface area contributed by atoms with Crippen LogP contribution in [0.25, 0.3) is 0 Å². The molecule has 21 heavy (non-hydrogen) atoms. The number of nitro groups is 1. The number of nitrogen functional groups attached to an aromatic ring is 1. The van der Waals surface area contributed by atoms with Crippen LogP contribution in [0, 0.1) is 10.1 Å². The molecule has 118 valence electrons. The molecule has 0 amide bonds. The minimum atomic E-state index is -0.521. The summed E-state index contributed by atoms with van der Waals surface area (Å²) in [6.45, 7) is 0.360. The summed E-state index contributed by atoms with van der Waals surface area (Å²) in [5, 5.41) is 39.0. The maximum Gasteiger partial charge on any atom is 0.331 e. The van der Waals surface area contributed by atoms with Crippen LogP contribution in [0.15, 0.2) is 18.2 Å². The molecule has 8 heteroatoms. The number of nitrogens with two attached hydrogens (primary N) is 1. The van der Waals surface area contributed by atoms with Crippen LogP contribution < -0.4 is 10.2 Å². The molecule has 0 saturated heterocycles. The third-order valence-corrected chi connectivity index (χ3v) is 3.51. The molecule has 8 nitrogen and oxygen atoms in total. The molecule has 1 rings (SSSR count). The predicted molar refractivity (Wildman–Crippen MR) is 79.8 cm³/mol. The van der Waals surface area contributed by atoms with Gasteiger partial charge in [0.25, 0.3) is 0 Å². The van der Waals surface area contributed by atoms with Gasteiger partial charge in [-0.1, -0.05) is 0 Å². The Labute approximate surface area is 122 Å². The normalized spacial score (nSPS) is 11.6. The Morgan fingerprint density at radius 3 is 2.19 bits per heavy atom. The summed E-state index contributed by atoms with van der Waals surface area (Å²) >= 11 is 0. The highest BCUT2D eigenvalue weighted by molar-refractivity contribution is 5.66. The number of nitro benzene ring substituents is 1. The summed E-state index contributed by atoms with van der Waals surface area (Å²) in [6, 6.07) is 4.38. The number of aliphatic hydroxyl groups excluding tert-OH is 3. The minimum Gasteiger partial charge on any atom is -0.399 e. The summed E-state index contributed by atoms with van der Waals surface area (Å²) in [6.07, 6.45) is 0.404. The summed E-state index contributed by atoms with van der Waals surface area (Å²) < 4.78 is 0.0319. The molecule has 0 saturated carbocycles.